The Morgan fingerprint density at radius 2 is 1.63 bits per heavy atom. The van der Waals surface area contributed by atoms with Crippen molar-refractivity contribution in [3.63, 3.8) is 0 Å². The first kappa shape index (κ1) is 12.9. The van der Waals surface area contributed by atoms with E-state index in [-0.39, 0.29) is 6.04 Å². The molecule has 0 spiro atoms. The highest BCUT2D eigenvalue weighted by Gasteiger charge is 2.13. The molecule has 4 heteroatoms. The second kappa shape index (κ2) is 5.12. The summed E-state index contributed by atoms with van der Waals surface area (Å²) in [6.07, 6.45) is 0. The van der Waals surface area contributed by atoms with Crippen molar-refractivity contribution in [2.24, 2.45) is 5.73 Å². The van der Waals surface area contributed by atoms with Gasteiger partial charge in [-0.05, 0) is 62.6 Å². The summed E-state index contributed by atoms with van der Waals surface area (Å²) in [7, 11) is 0. The number of hydrogen-bond donors (Lipinski definition) is 1. The monoisotopic (exact) mass is 379 g/mol. The van der Waals surface area contributed by atoms with Crippen LogP contribution in [-0.4, -0.2) is 0 Å². The predicted octanol–water partition coefficient (Wildman–Crippen LogP) is 5.01. The summed E-state index contributed by atoms with van der Waals surface area (Å²) in [4.78, 5) is 0. The third-order valence-electron chi connectivity index (χ3n) is 3.09. The normalized spacial score (nSPS) is 12.8. The Balaban J connectivity index is 2.03. The number of rotatable bonds is 2. The molecule has 1 unspecified atom stereocenters. The molecule has 19 heavy (non-hydrogen) atoms. The van der Waals surface area contributed by atoms with Crippen LogP contribution in [0.2, 0.25) is 0 Å². The molecule has 2 nitrogen and oxygen atoms in total. The largest absolute Gasteiger partial charge is 0.452 e. The average molecular weight is 381 g/mol. The highest BCUT2D eigenvalue weighted by atomic mass is 79.9. The second-order valence-electron chi connectivity index (χ2n) is 4.37. The van der Waals surface area contributed by atoms with Gasteiger partial charge in [-0.15, -0.1) is 0 Å². The molecule has 0 amide bonds. The van der Waals surface area contributed by atoms with Crippen molar-refractivity contribution in [2.45, 2.75) is 6.04 Å². The molecule has 2 aromatic carbocycles. The van der Waals surface area contributed by atoms with E-state index in [0.717, 1.165) is 15.8 Å². The third-order valence-corrected chi connectivity index (χ3v) is 4.01. The fourth-order valence-electron chi connectivity index (χ4n) is 2.09. The van der Waals surface area contributed by atoms with E-state index < -0.39 is 0 Å². The van der Waals surface area contributed by atoms with Crippen molar-refractivity contribution in [1.82, 2.24) is 0 Å². The van der Waals surface area contributed by atoms with E-state index in [0.29, 0.717) is 4.67 Å². The molecule has 0 bridgehead atoms. The van der Waals surface area contributed by atoms with E-state index in [1.165, 1.54) is 10.8 Å². The molecule has 2 N–H and O–H groups in total. The summed E-state index contributed by atoms with van der Waals surface area (Å²) in [6.45, 7) is 0. The molecule has 1 heterocycles. The smallest absolute Gasteiger partial charge is 0.169 e. The number of halogens is 2. The highest BCUT2D eigenvalue weighted by molar-refractivity contribution is 9.10. The number of furan rings is 1. The molecule has 3 rings (SSSR count). The molecule has 0 fully saturated rings. The van der Waals surface area contributed by atoms with Crippen molar-refractivity contribution < 1.29 is 4.42 Å². The Bertz CT molecular complexity index is 736. The average Bonchev–Trinajstić information content (AvgIpc) is 2.84. The standard InChI is InChI=1S/C15H11Br2NO/c16-12-4-3-9-7-11(2-1-10(9)8-12)15(18)13-5-6-14(17)19-13/h1-8,15H,18H2. The van der Waals surface area contributed by atoms with Gasteiger partial charge in [0.2, 0.25) is 0 Å². The first-order chi connectivity index (χ1) is 9.13. The van der Waals surface area contributed by atoms with Crippen molar-refractivity contribution in [3.05, 3.63) is 69.0 Å². The first-order valence-electron chi connectivity index (χ1n) is 5.83. The molecule has 0 aliphatic rings. The summed E-state index contributed by atoms with van der Waals surface area (Å²) in [5.41, 5.74) is 7.27. The highest BCUT2D eigenvalue weighted by Crippen LogP contribution is 2.27. The zero-order valence-corrected chi connectivity index (χ0v) is 13.1. The molecule has 0 saturated heterocycles. The van der Waals surface area contributed by atoms with Gasteiger partial charge in [0.05, 0.1) is 6.04 Å². The number of hydrogen-bond acceptors (Lipinski definition) is 2. The van der Waals surface area contributed by atoms with Crippen molar-refractivity contribution in [3.8, 4) is 0 Å². The van der Waals surface area contributed by atoms with Gasteiger partial charge in [-0.2, -0.15) is 0 Å². The lowest BCUT2D eigenvalue weighted by Gasteiger charge is -2.10. The topological polar surface area (TPSA) is 39.2 Å². The maximum absolute atomic E-state index is 6.23. The molecule has 1 atom stereocenters. The van der Waals surface area contributed by atoms with E-state index in [1.54, 1.807) is 0 Å². The number of fused-ring (bicyclic) bond motifs is 1. The Morgan fingerprint density at radius 3 is 2.37 bits per heavy atom. The molecule has 96 valence electrons. The van der Waals surface area contributed by atoms with Gasteiger partial charge >= 0.3 is 0 Å². The second-order valence-corrected chi connectivity index (χ2v) is 6.07. The molecule has 1 aromatic heterocycles. The Kier molecular flexibility index (Phi) is 3.48. The molecular weight excluding hydrogens is 370 g/mol. The lowest BCUT2D eigenvalue weighted by molar-refractivity contribution is 0.470. The molecule has 0 aliphatic heterocycles. The molecule has 0 aliphatic carbocycles. The van der Waals surface area contributed by atoms with Gasteiger partial charge in [0.1, 0.15) is 5.76 Å². The fourth-order valence-corrected chi connectivity index (χ4v) is 2.79. The summed E-state index contributed by atoms with van der Waals surface area (Å²) in [5, 5.41) is 2.35. The van der Waals surface area contributed by atoms with Crippen LogP contribution in [0, 0.1) is 0 Å². The minimum absolute atomic E-state index is 0.251. The van der Waals surface area contributed by atoms with Crippen LogP contribution in [0.25, 0.3) is 10.8 Å². The van der Waals surface area contributed by atoms with Gasteiger partial charge in [-0.25, -0.2) is 0 Å². The van der Waals surface area contributed by atoms with E-state index in [9.17, 15) is 0 Å². The van der Waals surface area contributed by atoms with Crippen LogP contribution in [0.3, 0.4) is 0 Å². The minimum atomic E-state index is -0.251. The molecule has 3 aromatic rings. The van der Waals surface area contributed by atoms with Gasteiger partial charge in [0.15, 0.2) is 4.67 Å². The van der Waals surface area contributed by atoms with Gasteiger partial charge in [-0.1, -0.05) is 34.1 Å². The number of benzene rings is 2. The van der Waals surface area contributed by atoms with Crippen LogP contribution < -0.4 is 5.73 Å². The van der Waals surface area contributed by atoms with E-state index in [2.05, 4.69) is 56.1 Å². The molecule has 0 saturated carbocycles. The van der Waals surface area contributed by atoms with Crippen LogP contribution in [0.4, 0.5) is 0 Å². The predicted molar refractivity (Wildman–Crippen MR) is 84.1 cm³/mol. The fraction of sp³-hybridized carbons (Fsp3) is 0.0667. The van der Waals surface area contributed by atoms with Crippen LogP contribution in [0.5, 0.6) is 0 Å². The Hall–Kier alpha value is -1.10. The van der Waals surface area contributed by atoms with Crippen LogP contribution >= 0.6 is 31.9 Å². The Morgan fingerprint density at radius 1 is 0.895 bits per heavy atom. The summed E-state index contributed by atoms with van der Waals surface area (Å²) in [5.74, 6) is 0.753. The molecular formula is C15H11Br2NO. The molecule has 0 radical (unpaired) electrons. The van der Waals surface area contributed by atoms with E-state index >= 15 is 0 Å². The van der Waals surface area contributed by atoms with E-state index in [1.807, 2.05) is 24.3 Å². The summed E-state index contributed by atoms with van der Waals surface area (Å²) < 4.78 is 7.29. The summed E-state index contributed by atoms with van der Waals surface area (Å²) in [6, 6.07) is 15.9. The van der Waals surface area contributed by atoms with Crippen molar-refractivity contribution in [1.29, 1.82) is 0 Å². The zero-order chi connectivity index (χ0) is 13.4. The van der Waals surface area contributed by atoms with Gasteiger partial charge in [0, 0.05) is 4.47 Å². The number of nitrogens with two attached hydrogens (primary N) is 1. The zero-order valence-electron chi connectivity index (χ0n) is 9.94. The third kappa shape index (κ3) is 2.61. The SMILES string of the molecule is NC(c1ccc2cc(Br)ccc2c1)c1ccc(Br)o1. The first-order valence-corrected chi connectivity index (χ1v) is 7.42. The van der Waals surface area contributed by atoms with E-state index in [4.69, 9.17) is 10.2 Å². The van der Waals surface area contributed by atoms with Crippen LogP contribution in [0.15, 0.2) is 62.1 Å². The lowest BCUT2D eigenvalue weighted by atomic mass is 10.0. The van der Waals surface area contributed by atoms with Crippen molar-refractivity contribution >= 4 is 42.6 Å². The van der Waals surface area contributed by atoms with Crippen LogP contribution in [-0.2, 0) is 0 Å². The maximum Gasteiger partial charge on any atom is 0.169 e. The summed E-state index contributed by atoms with van der Waals surface area (Å²) >= 11 is 6.77. The van der Waals surface area contributed by atoms with Crippen LogP contribution in [0.1, 0.15) is 17.4 Å². The van der Waals surface area contributed by atoms with Gasteiger partial charge in [-0.3, -0.25) is 0 Å². The maximum atomic E-state index is 6.23. The Labute approximate surface area is 127 Å². The van der Waals surface area contributed by atoms with Crippen molar-refractivity contribution in [2.75, 3.05) is 0 Å². The lowest BCUT2D eigenvalue weighted by Crippen LogP contribution is -2.10. The van der Waals surface area contributed by atoms with Gasteiger partial charge < -0.3 is 10.2 Å². The quantitative estimate of drug-likeness (QED) is 0.678. The minimum Gasteiger partial charge on any atom is -0.452 e. The van der Waals surface area contributed by atoms with Gasteiger partial charge in [0.25, 0.3) is 0 Å².